The molecule has 144 valence electrons. The lowest BCUT2D eigenvalue weighted by atomic mass is 10.2. The van der Waals surface area contributed by atoms with Crippen molar-refractivity contribution in [2.45, 2.75) is 13.8 Å². The molecule has 1 aliphatic rings. The summed E-state index contributed by atoms with van der Waals surface area (Å²) in [4.78, 5) is 28.2. The van der Waals surface area contributed by atoms with Crippen LogP contribution < -0.4 is 15.1 Å². The van der Waals surface area contributed by atoms with Gasteiger partial charge in [0.15, 0.2) is 0 Å². The molecule has 7 heteroatoms. The second-order valence-corrected chi connectivity index (χ2v) is 6.98. The highest BCUT2D eigenvalue weighted by Crippen LogP contribution is 2.18. The van der Waals surface area contributed by atoms with E-state index in [1.807, 2.05) is 50.2 Å². The molecule has 1 amide bonds. The van der Waals surface area contributed by atoms with Gasteiger partial charge < -0.3 is 20.0 Å². The van der Waals surface area contributed by atoms with Gasteiger partial charge in [-0.3, -0.25) is 4.79 Å². The highest BCUT2D eigenvalue weighted by Gasteiger charge is 2.19. The molecule has 2 heterocycles. The van der Waals surface area contributed by atoms with Crippen LogP contribution in [0.15, 0.2) is 30.3 Å². The number of aryl methyl sites for hydroxylation is 1. The van der Waals surface area contributed by atoms with Gasteiger partial charge in [-0.2, -0.15) is 0 Å². The molecule has 3 rings (SSSR count). The number of anilines is 3. The number of hydrogen-bond donors (Lipinski definition) is 1. The number of amides is 1. The number of likely N-dealkylation sites (N-methyl/N-ethyl adjacent to an activating group) is 1. The fraction of sp³-hybridized carbons (Fsp3) is 0.450. The van der Waals surface area contributed by atoms with Crippen LogP contribution >= 0.6 is 0 Å². The van der Waals surface area contributed by atoms with Crippen LogP contribution in [0, 0.1) is 6.92 Å². The number of nitrogens with zero attached hydrogens (tertiary/aromatic N) is 5. The molecule has 1 aromatic carbocycles. The van der Waals surface area contributed by atoms with E-state index in [2.05, 4.69) is 32.0 Å². The Balaban J connectivity index is 1.72. The van der Waals surface area contributed by atoms with Crippen molar-refractivity contribution >= 4 is 23.1 Å². The molecule has 1 N–H and O–H groups in total. The summed E-state index contributed by atoms with van der Waals surface area (Å²) in [6, 6.07) is 9.52. The van der Waals surface area contributed by atoms with Crippen LogP contribution in [-0.2, 0) is 0 Å². The van der Waals surface area contributed by atoms with Crippen LogP contribution in [0.25, 0.3) is 0 Å². The molecule has 0 radical (unpaired) electrons. The summed E-state index contributed by atoms with van der Waals surface area (Å²) in [5, 5.41) is 2.92. The van der Waals surface area contributed by atoms with E-state index in [-0.39, 0.29) is 5.91 Å². The first-order chi connectivity index (χ1) is 13.0. The van der Waals surface area contributed by atoms with E-state index < -0.39 is 0 Å². The summed E-state index contributed by atoms with van der Waals surface area (Å²) < 4.78 is 0. The predicted octanol–water partition coefficient (Wildman–Crippen LogP) is 2.25. The second kappa shape index (κ2) is 8.35. The van der Waals surface area contributed by atoms with E-state index in [4.69, 9.17) is 0 Å². The highest BCUT2D eigenvalue weighted by molar-refractivity contribution is 6.03. The summed E-state index contributed by atoms with van der Waals surface area (Å²) in [6.45, 7) is 8.93. The maximum absolute atomic E-state index is 12.7. The number of benzene rings is 1. The third-order valence-corrected chi connectivity index (χ3v) is 4.84. The van der Waals surface area contributed by atoms with Crippen molar-refractivity contribution in [1.29, 1.82) is 0 Å². The molecule has 1 saturated heterocycles. The van der Waals surface area contributed by atoms with Crippen LogP contribution in [0.4, 0.5) is 17.2 Å². The Bertz CT molecular complexity index is 782. The maximum atomic E-state index is 12.7. The number of nitrogens with one attached hydrogen (secondary N) is 1. The molecule has 27 heavy (non-hydrogen) atoms. The summed E-state index contributed by atoms with van der Waals surface area (Å²) in [7, 11) is 3.97. The van der Waals surface area contributed by atoms with Gasteiger partial charge in [0, 0.05) is 57.7 Å². The Morgan fingerprint density at radius 1 is 1.11 bits per heavy atom. The van der Waals surface area contributed by atoms with Gasteiger partial charge in [0.05, 0.1) is 0 Å². The molecule has 0 unspecified atom stereocenters. The quantitative estimate of drug-likeness (QED) is 0.873. The summed E-state index contributed by atoms with van der Waals surface area (Å²) >= 11 is 0. The molecule has 0 aliphatic carbocycles. The third-order valence-electron chi connectivity index (χ3n) is 4.84. The zero-order valence-electron chi connectivity index (χ0n) is 16.6. The Hall–Kier alpha value is -2.67. The predicted molar refractivity (Wildman–Crippen MR) is 110 cm³/mol. The molecule has 1 fully saturated rings. The van der Waals surface area contributed by atoms with E-state index in [0.717, 1.165) is 49.9 Å². The van der Waals surface area contributed by atoms with Gasteiger partial charge in [-0.15, -0.1) is 0 Å². The largest absolute Gasteiger partial charge is 0.378 e. The lowest BCUT2D eigenvalue weighted by molar-refractivity contribution is 0.102. The highest BCUT2D eigenvalue weighted by atomic mass is 16.1. The topological polar surface area (TPSA) is 64.6 Å². The lowest BCUT2D eigenvalue weighted by Crippen LogP contribution is -2.46. The van der Waals surface area contributed by atoms with Crippen LogP contribution in [0.2, 0.25) is 0 Å². The van der Waals surface area contributed by atoms with Gasteiger partial charge in [-0.25, -0.2) is 9.97 Å². The molecular weight excluding hydrogens is 340 g/mol. The lowest BCUT2D eigenvalue weighted by Gasteiger charge is -2.34. The summed E-state index contributed by atoms with van der Waals surface area (Å²) in [6.07, 6.45) is 0. The minimum Gasteiger partial charge on any atom is -0.378 e. The first-order valence-electron chi connectivity index (χ1n) is 9.38. The normalized spacial score (nSPS) is 14.9. The molecule has 1 aliphatic heterocycles. The number of aromatic nitrogens is 2. The van der Waals surface area contributed by atoms with Crippen molar-refractivity contribution in [1.82, 2.24) is 14.9 Å². The molecular formula is C20H28N6O. The molecule has 0 atom stereocenters. The van der Waals surface area contributed by atoms with Crippen molar-refractivity contribution in [2.24, 2.45) is 0 Å². The molecule has 7 nitrogen and oxygen atoms in total. The first-order valence-corrected chi connectivity index (χ1v) is 9.38. The number of rotatable bonds is 5. The van der Waals surface area contributed by atoms with Gasteiger partial charge in [-0.05, 0) is 37.7 Å². The zero-order valence-corrected chi connectivity index (χ0v) is 16.6. The van der Waals surface area contributed by atoms with Crippen molar-refractivity contribution in [3.63, 3.8) is 0 Å². The minimum atomic E-state index is -0.216. The average molecular weight is 368 g/mol. The molecule has 0 saturated carbocycles. The SMILES string of the molecule is CCN1CCN(c2cc(C(=O)Nc3ccc(N(C)C)cc3)nc(C)n2)CC1. The maximum Gasteiger partial charge on any atom is 0.274 e. The fourth-order valence-corrected chi connectivity index (χ4v) is 3.16. The van der Waals surface area contributed by atoms with Gasteiger partial charge in [-0.1, -0.05) is 6.92 Å². The smallest absolute Gasteiger partial charge is 0.274 e. The van der Waals surface area contributed by atoms with Gasteiger partial charge in [0.2, 0.25) is 0 Å². The summed E-state index contributed by atoms with van der Waals surface area (Å²) in [5.74, 6) is 1.22. The van der Waals surface area contributed by atoms with E-state index in [1.54, 1.807) is 6.07 Å². The van der Waals surface area contributed by atoms with E-state index in [1.165, 1.54) is 0 Å². The Labute approximate surface area is 161 Å². The standard InChI is InChI=1S/C20H28N6O/c1-5-25-10-12-26(13-11-25)19-14-18(21-15(2)22-19)20(27)23-16-6-8-17(9-7-16)24(3)4/h6-9,14H,5,10-13H2,1-4H3,(H,23,27). The molecule has 1 aromatic heterocycles. The van der Waals surface area contributed by atoms with Crippen LogP contribution in [0.3, 0.4) is 0 Å². The minimum absolute atomic E-state index is 0.216. The van der Waals surface area contributed by atoms with Crippen molar-refractivity contribution in [2.75, 3.05) is 61.9 Å². The second-order valence-electron chi connectivity index (χ2n) is 6.98. The Morgan fingerprint density at radius 3 is 2.37 bits per heavy atom. The van der Waals surface area contributed by atoms with E-state index in [9.17, 15) is 4.79 Å². The van der Waals surface area contributed by atoms with Crippen LogP contribution in [0.1, 0.15) is 23.2 Å². The van der Waals surface area contributed by atoms with Crippen LogP contribution in [-0.4, -0.2) is 67.6 Å². The van der Waals surface area contributed by atoms with Gasteiger partial charge in [0.25, 0.3) is 5.91 Å². The molecule has 2 aromatic rings. The number of carbonyl (C=O) groups is 1. The number of piperazine rings is 1. The van der Waals surface area contributed by atoms with Gasteiger partial charge in [0.1, 0.15) is 17.3 Å². The van der Waals surface area contributed by atoms with Crippen molar-refractivity contribution in [3.8, 4) is 0 Å². The zero-order chi connectivity index (χ0) is 19.4. The van der Waals surface area contributed by atoms with Crippen molar-refractivity contribution < 1.29 is 4.79 Å². The monoisotopic (exact) mass is 368 g/mol. The first kappa shape index (κ1) is 19.1. The fourth-order valence-electron chi connectivity index (χ4n) is 3.16. The van der Waals surface area contributed by atoms with E-state index in [0.29, 0.717) is 11.5 Å². The molecule has 0 bridgehead atoms. The Morgan fingerprint density at radius 2 is 1.78 bits per heavy atom. The van der Waals surface area contributed by atoms with Gasteiger partial charge >= 0.3 is 0 Å². The number of carbonyl (C=O) groups excluding carboxylic acids is 1. The van der Waals surface area contributed by atoms with E-state index >= 15 is 0 Å². The number of hydrogen-bond acceptors (Lipinski definition) is 6. The van der Waals surface area contributed by atoms with Crippen molar-refractivity contribution in [3.05, 3.63) is 41.9 Å². The summed E-state index contributed by atoms with van der Waals surface area (Å²) in [5.41, 5.74) is 2.23. The van der Waals surface area contributed by atoms with Crippen LogP contribution in [0.5, 0.6) is 0 Å². The Kier molecular flexibility index (Phi) is 5.91. The average Bonchev–Trinajstić information content (AvgIpc) is 2.68. The third kappa shape index (κ3) is 4.74. The molecule has 0 spiro atoms.